The molecule has 0 atom stereocenters. The Kier molecular flexibility index (Phi) is 6.01. The molecule has 1 heterocycles. The monoisotopic (exact) mass is 438 g/mol. The van der Waals surface area contributed by atoms with Gasteiger partial charge in [0.2, 0.25) is 10.0 Å². The fraction of sp³-hybridized carbons (Fsp3) is 0.217. The van der Waals surface area contributed by atoms with Gasteiger partial charge in [-0.3, -0.25) is 9.59 Å². The number of benzene rings is 3. The Morgan fingerprint density at radius 2 is 1.58 bits per heavy atom. The molecule has 3 aromatic carbocycles. The maximum absolute atomic E-state index is 13.1. The van der Waals surface area contributed by atoms with Crippen LogP contribution in [0.15, 0.2) is 71.6 Å². The first kappa shape index (κ1) is 21.0. The summed E-state index contributed by atoms with van der Waals surface area (Å²) < 4.78 is 33.0. The fourth-order valence-electron chi connectivity index (χ4n) is 3.59. The van der Waals surface area contributed by atoms with Crippen LogP contribution < -0.4 is 4.74 Å². The molecule has 0 N–H and O–H groups in total. The van der Waals surface area contributed by atoms with E-state index >= 15 is 0 Å². The van der Waals surface area contributed by atoms with E-state index in [1.165, 1.54) is 4.31 Å². The number of hydrogen-bond donors (Lipinski definition) is 0. The third-order valence-electron chi connectivity index (χ3n) is 5.35. The first-order valence-electron chi connectivity index (χ1n) is 9.93. The molecule has 160 valence electrons. The van der Waals surface area contributed by atoms with Crippen LogP contribution in [0.4, 0.5) is 0 Å². The summed E-state index contributed by atoms with van der Waals surface area (Å²) in [4.78, 5) is 25.4. The van der Waals surface area contributed by atoms with Crippen LogP contribution in [0.5, 0.6) is 5.75 Å². The molecule has 31 heavy (non-hydrogen) atoms. The number of piperazine rings is 1. The highest BCUT2D eigenvalue weighted by Gasteiger charge is 2.30. The lowest BCUT2D eigenvalue weighted by molar-refractivity contribution is -0.134. The largest absolute Gasteiger partial charge is 0.483 e. The normalized spacial score (nSPS) is 15.0. The van der Waals surface area contributed by atoms with E-state index < -0.39 is 10.0 Å². The Morgan fingerprint density at radius 3 is 2.32 bits per heavy atom. The summed E-state index contributed by atoms with van der Waals surface area (Å²) in [5.41, 5.74) is 0.376. The molecule has 0 spiro atoms. The van der Waals surface area contributed by atoms with E-state index in [0.29, 0.717) is 17.6 Å². The number of amides is 1. The Labute approximate surface area is 180 Å². The van der Waals surface area contributed by atoms with Gasteiger partial charge in [-0.1, -0.05) is 42.5 Å². The molecule has 0 aromatic heterocycles. The van der Waals surface area contributed by atoms with Crippen LogP contribution in [0.1, 0.15) is 10.4 Å². The van der Waals surface area contributed by atoms with Gasteiger partial charge in [-0.15, -0.1) is 0 Å². The molecule has 7 nitrogen and oxygen atoms in total. The predicted molar refractivity (Wildman–Crippen MR) is 117 cm³/mol. The lowest BCUT2D eigenvalue weighted by Gasteiger charge is -2.34. The molecule has 0 aliphatic carbocycles. The third-order valence-corrected chi connectivity index (χ3v) is 7.24. The average molecular weight is 439 g/mol. The summed E-state index contributed by atoms with van der Waals surface area (Å²) >= 11 is 0. The summed E-state index contributed by atoms with van der Waals surface area (Å²) in [6, 6.07) is 19.4. The molecule has 0 bridgehead atoms. The fourth-order valence-corrected chi connectivity index (χ4v) is 5.05. The van der Waals surface area contributed by atoms with Gasteiger partial charge >= 0.3 is 0 Å². The quantitative estimate of drug-likeness (QED) is 0.553. The average Bonchev–Trinajstić information content (AvgIpc) is 2.82. The molecule has 3 aromatic rings. The van der Waals surface area contributed by atoms with Gasteiger partial charge in [-0.2, -0.15) is 4.31 Å². The summed E-state index contributed by atoms with van der Waals surface area (Å²) in [7, 11) is -3.64. The lowest BCUT2D eigenvalue weighted by atomic mass is 10.1. The van der Waals surface area contributed by atoms with Crippen molar-refractivity contribution < 1.29 is 22.7 Å². The predicted octanol–water partition coefficient (Wildman–Crippen LogP) is 2.56. The van der Waals surface area contributed by atoms with Gasteiger partial charge < -0.3 is 9.64 Å². The zero-order valence-electron chi connectivity index (χ0n) is 16.8. The first-order chi connectivity index (χ1) is 15.0. The highest BCUT2D eigenvalue weighted by Crippen LogP contribution is 2.23. The highest BCUT2D eigenvalue weighted by molar-refractivity contribution is 7.89. The van der Waals surface area contributed by atoms with E-state index in [9.17, 15) is 18.0 Å². The van der Waals surface area contributed by atoms with Gasteiger partial charge in [0.05, 0.1) is 10.5 Å². The zero-order valence-corrected chi connectivity index (χ0v) is 17.6. The molecule has 0 unspecified atom stereocenters. The maximum Gasteiger partial charge on any atom is 0.260 e. The number of aldehydes is 1. The van der Waals surface area contributed by atoms with Crippen molar-refractivity contribution in [3.05, 3.63) is 72.3 Å². The smallest absolute Gasteiger partial charge is 0.260 e. The second-order valence-electron chi connectivity index (χ2n) is 7.24. The first-order valence-corrected chi connectivity index (χ1v) is 11.4. The number of fused-ring (bicyclic) bond motifs is 1. The van der Waals surface area contributed by atoms with Gasteiger partial charge in [0, 0.05) is 26.2 Å². The SMILES string of the molecule is O=Cc1ccccc1OCC(=O)N1CCN(S(=O)(=O)c2ccc3ccccc3c2)CC1. The molecule has 1 aliphatic rings. The van der Waals surface area contributed by atoms with Crippen molar-refractivity contribution in [3.8, 4) is 5.75 Å². The second kappa shape index (κ2) is 8.87. The number of hydrogen-bond acceptors (Lipinski definition) is 5. The van der Waals surface area contributed by atoms with Crippen molar-refractivity contribution in [3.63, 3.8) is 0 Å². The van der Waals surface area contributed by atoms with Crippen molar-refractivity contribution in [2.24, 2.45) is 0 Å². The Hall–Kier alpha value is -3.23. The number of carbonyl (C=O) groups is 2. The van der Waals surface area contributed by atoms with E-state index in [0.717, 1.165) is 10.8 Å². The maximum atomic E-state index is 13.1. The molecular weight excluding hydrogens is 416 g/mol. The van der Waals surface area contributed by atoms with Crippen LogP contribution in [0, 0.1) is 0 Å². The standard InChI is InChI=1S/C23H22N2O5S/c26-16-20-7-3-4-8-22(20)30-17-23(27)24-11-13-25(14-12-24)31(28,29)21-10-9-18-5-1-2-6-19(18)15-21/h1-10,15-16H,11-14,17H2. The van der Waals surface area contributed by atoms with E-state index in [1.54, 1.807) is 47.4 Å². The van der Waals surface area contributed by atoms with Crippen molar-refractivity contribution in [1.82, 2.24) is 9.21 Å². The Morgan fingerprint density at radius 1 is 0.903 bits per heavy atom. The molecule has 1 amide bonds. The number of carbonyl (C=O) groups excluding carboxylic acids is 2. The van der Waals surface area contributed by atoms with Crippen molar-refractivity contribution in [1.29, 1.82) is 0 Å². The number of ether oxygens (including phenoxy) is 1. The third kappa shape index (κ3) is 4.45. The molecule has 1 fully saturated rings. The molecule has 8 heteroatoms. The minimum atomic E-state index is -3.64. The van der Waals surface area contributed by atoms with Gasteiger partial charge in [0.15, 0.2) is 12.9 Å². The zero-order chi connectivity index (χ0) is 21.8. The minimum Gasteiger partial charge on any atom is -0.483 e. The summed E-state index contributed by atoms with van der Waals surface area (Å²) in [5, 5.41) is 1.85. The summed E-state index contributed by atoms with van der Waals surface area (Å²) in [6.07, 6.45) is 0.677. The number of para-hydroxylation sites is 1. The van der Waals surface area contributed by atoms with E-state index in [4.69, 9.17) is 4.74 Å². The van der Waals surface area contributed by atoms with Crippen LogP contribution >= 0.6 is 0 Å². The number of rotatable bonds is 6. The van der Waals surface area contributed by atoms with Crippen molar-refractivity contribution in [2.45, 2.75) is 4.90 Å². The second-order valence-corrected chi connectivity index (χ2v) is 9.18. The van der Waals surface area contributed by atoms with Crippen LogP contribution in [0.3, 0.4) is 0 Å². The molecule has 1 saturated heterocycles. The van der Waals surface area contributed by atoms with Crippen LogP contribution in [-0.4, -0.2) is 62.6 Å². The van der Waals surface area contributed by atoms with Crippen molar-refractivity contribution in [2.75, 3.05) is 32.8 Å². The van der Waals surface area contributed by atoms with E-state index in [1.807, 2.05) is 24.3 Å². The summed E-state index contributed by atoms with van der Waals surface area (Å²) in [5.74, 6) is 0.104. The topological polar surface area (TPSA) is 84.0 Å². The summed E-state index contributed by atoms with van der Waals surface area (Å²) in [6.45, 7) is 0.786. The molecular formula is C23H22N2O5S. The number of sulfonamides is 1. The van der Waals surface area contributed by atoms with Crippen LogP contribution in [0.2, 0.25) is 0 Å². The number of nitrogens with zero attached hydrogens (tertiary/aromatic N) is 2. The van der Waals surface area contributed by atoms with Gasteiger partial charge in [-0.05, 0) is 35.0 Å². The Bertz CT molecular complexity index is 1220. The van der Waals surface area contributed by atoms with E-state index in [-0.39, 0.29) is 43.6 Å². The molecule has 1 aliphatic heterocycles. The van der Waals surface area contributed by atoms with Crippen LogP contribution in [-0.2, 0) is 14.8 Å². The van der Waals surface area contributed by atoms with Crippen molar-refractivity contribution >= 4 is 33.0 Å². The minimum absolute atomic E-state index is 0.206. The van der Waals surface area contributed by atoms with Gasteiger partial charge in [0.1, 0.15) is 5.75 Å². The van der Waals surface area contributed by atoms with Crippen LogP contribution in [0.25, 0.3) is 10.8 Å². The van der Waals surface area contributed by atoms with Gasteiger partial charge in [0.25, 0.3) is 5.91 Å². The Balaban J connectivity index is 1.38. The molecule has 0 radical (unpaired) electrons. The highest BCUT2D eigenvalue weighted by atomic mass is 32.2. The lowest BCUT2D eigenvalue weighted by Crippen LogP contribution is -2.51. The molecule has 0 saturated carbocycles. The molecule has 4 rings (SSSR count). The van der Waals surface area contributed by atoms with Gasteiger partial charge in [-0.25, -0.2) is 8.42 Å². The van der Waals surface area contributed by atoms with E-state index in [2.05, 4.69) is 0 Å².